The number of methoxy groups -OCH3 is 1. The third-order valence-corrected chi connectivity index (χ3v) is 2.87. The van der Waals surface area contributed by atoms with Gasteiger partial charge in [-0.2, -0.15) is 0 Å². The number of hydrogen-bond donors (Lipinski definition) is 1. The van der Waals surface area contributed by atoms with Gasteiger partial charge in [-0.3, -0.25) is 4.79 Å². The number of hydrogen-bond acceptors (Lipinski definition) is 5. The van der Waals surface area contributed by atoms with Crippen LogP contribution in [-0.4, -0.2) is 19.1 Å². The lowest BCUT2D eigenvalue weighted by Crippen LogP contribution is -2.33. The largest absolute Gasteiger partial charge is 0.489 e. The Balaban J connectivity index is 0.00000220. The third-order valence-electron chi connectivity index (χ3n) is 2.87. The molecule has 0 fully saturated rings. The Labute approximate surface area is 129 Å². The number of esters is 1. The highest BCUT2D eigenvalue weighted by Gasteiger charge is 2.13. The van der Waals surface area contributed by atoms with Crippen LogP contribution >= 0.6 is 12.4 Å². The lowest BCUT2D eigenvalue weighted by atomic mass is 10.1. The molecular formula is C15H18ClNO4. The Bertz CT molecular complexity index is 539. The number of ether oxygens (including phenoxy) is 2. The van der Waals surface area contributed by atoms with Crippen molar-refractivity contribution in [1.29, 1.82) is 0 Å². The predicted molar refractivity (Wildman–Crippen MR) is 80.4 cm³/mol. The highest BCUT2D eigenvalue weighted by atomic mass is 35.5. The van der Waals surface area contributed by atoms with Crippen LogP contribution in [0.25, 0.3) is 0 Å². The van der Waals surface area contributed by atoms with Gasteiger partial charge in [-0.25, -0.2) is 0 Å². The van der Waals surface area contributed by atoms with Crippen LogP contribution < -0.4 is 10.5 Å². The molecule has 0 aliphatic carbocycles. The van der Waals surface area contributed by atoms with Crippen molar-refractivity contribution < 1.29 is 18.7 Å². The summed E-state index contributed by atoms with van der Waals surface area (Å²) in [5.74, 6) is 0.340. The van der Waals surface area contributed by atoms with Gasteiger partial charge < -0.3 is 19.6 Å². The molecule has 0 spiro atoms. The molecule has 0 saturated carbocycles. The second kappa shape index (κ2) is 8.34. The van der Waals surface area contributed by atoms with E-state index in [4.69, 9.17) is 14.9 Å². The van der Waals surface area contributed by atoms with Crippen LogP contribution in [0, 0.1) is 0 Å². The van der Waals surface area contributed by atoms with Gasteiger partial charge in [0.1, 0.15) is 18.4 Å². The minimum atomic E-state index is -0.641. The van der Waals surface area contributed by atoms with E-state index in [9.17, 15) is 4.79 Å². The molecule has 6 heteroatoms. The maximum atomic E-state index is 11.2. The van der Waals surface area contributed by atoms with Crippen molar-refractivity contribution in [3.63, 3.8) is 0 Å². The fourth-order valence-corrected chi connectivity index (χ4v) is 1.75. The molecular weight excluding hydrogens is 294 g/mol. The van der Waals surface area contributed by atoms with Crippen molar-refractivity contribution >= 4 is 18.4 Å². The van der Waals surface area contributed by atoms with E-state index in [0.717, 1.165) is 16.9 Å². The zero-order valence-electron chi connectivity index (χ0n) is 11.7. The summed E-state index contributed by atoms with van der Waals surface area (Å²) in [5, 5.41) is 0. The molecule has 2 aromatic rings. The normalized spacial score (nSPS) is 11.3. The molecule has 1 atom stereocenters. The van der Waals surface area contributed by atoms with Crippen LogP contribution in [0.2, 0.25) is 0 Å². The number of furan rings is 1. The number of carbonyl (C=O) groups excluding carboxylic acids is 1. The molecule has 0 amide bonds. The second-order valence-electron chi connectivity index (χ2n) is 4.40. The van der Waals surface area contributed by atoms with Gasteiger partial charge in [0.05, 0.1) is 19.6 Å². The number of nitrogens with two attached hydrogens (primary N) is 1. The van der Waals surface area contributed by atoms with Gasteiger partial charge >= 0.3 is 5.97 Å². The summed E-state index contributed by atoms with van der Waals surface area (Å²) in [6.07, 6.45) is 3.69. The second-order valence-corrected chi connectivity index (χ2v) is 4.40. The summed E-state index contributed by atoms with van der Waals surface area (Å²) in [4.78, 5) is 11.2. The first-order valence-electron chi connectivity index (χ1n) is 6.25. The van der Waals surface area contributed by atoms with Crippen LogP contribution in [0.3, 0.4) is 0 Å². The van der Waals surface area contributed by atoms with E-state index < -0.39 is 12.0 Å². The van der Waals surface area contributed by atoms with Gasteiger partial charge in [-0.1, -0.05) is 12.1 Å². The van der Waals surface area contributed by atoms with Crippen LogP contribution in [-0.2, 0) is 22.6 Å². The Morgan fingerprint density at radius 3 is 2.52 bits per heavy atom. The third kappa shape index (κ3) is 5.13. The molecule has 0 radical (unpaired) electrons. The van der Waals surface area contributed by atoms with Gasteiger partial charge in [0.2, 0.25) is 0 Å². The maximum Gasteiger partial charge on any atom is 0.322 e. The average Bonchev–Trinajstić information content (AvgIpc) is 2.99. The van der Waals surface area contributed by atoms with E-state index in [1.54, 1.807) is 12.5 Å². The molecule has 0 aliphatic rings. The Morgan fingerprint density at radius 1 is 1.24 bits per heavy atom. The molecule has 1 aromatic carbocycles. The van der Waals surface area contributed by atoms with E-state index in [2.05, 4.69) is 4.74 Å². The first-order valence-corrected chi connectivity index (χ1v) is 6.25. The molecule has 0 aliphatic heterocycles. The summed E-state index contributed by atoms with van der Waals surface area (Å²) in [6, 6.07) is 8.67. The molecule has 0 bridgehead atoms. The molecule has 2 rings (SSSR count). The van der Waals surface area contributed by atoms with Crippen molar-refractivity contribution in [1.82, 2.24) is 0 Å². The highest BCUT2D eigenvalue weighted by molar-refractivity contribution is 5.85. The van der Waals surface area contributed by atoms with Crippen molar-refractivity contribution in [2.24, 2.45) is 5.73 Å². The van der Waals surface area contributed by atoms with Crippen molar-refractivity contribution in [2.75, 3.05) is 7.11 Å². The van der Waals surface area contributed by atoms with E-state index in [1.807, 2.05) is 30.3 Å². The Hall–Kier alpha value is -1.98. The van der Waals surface area contributed by atoms with E-state index in [0.29, 0.717) is 13.0 Å². The molecule has 1 aromatic heterocycles. The summed E-state index contributed by atoms with van der Waals surface area (Å²) in [5.41, 5.74) is 7.64. The van der Waals surface area contributed by atoms with E-state index in [1.165, 1.54) is 7.11 Å². The van der Waals surface area contributed by atoms with Gasteiger partial charge in [0.25, 0.3) is 0 Å². The number of benzene rings is 1. The smallest absolute Gasteiger partial charge is 0.322 e. The molecule has 1 heterocycles. The van der Waals surface area contributed by atoms with Gasteiger partial charge in [0.15, 0.2) is 0 Å². The van der Waals surface area contributed by atoms with Crippen LogP contribution in [0.1, 0.15) is 11.1 Å². The van der Waals surface area contributed by atoms with Crippen LogP contribution in [0.15, 0.2) is 47.3 Å². The molecule has 2 N–H and O–H groups in total. The zero-order chi connectivity index (χ0) is 14.4. The molecule has 5 nitrogen and oxygen atoms in total. The molecule has 0 saturated heterocycles. The fraction of sp³-hybridized carbons (Fsp3) is 0.267. The van der Waals surface area contributed by atoms with E-state index in [-0.39, 0.29) is 12.4 Å². The molecule has 114 valence electrons. The van der Waals surface area contributed by atoms with Gasteiger partial charge in [0, 0.05) is 5.56 Å². The first-order chi connectivity index (χ1) is 9.69. The SMILES string of the molecule is COC(=O)C(N)Cc1ccc(OCc2ccoc2)cc1.Cl. The van der Waals surface area contributed by atoms with Gasteiger partial charge in [-0.05, 0) is 30.2 Å². The maximum absolute atomic E-state index is 11.2. The molecule has 1 unspecified atom stereocenters. The minimum absolute atomic E-state index is 0. The lowest BCUT2D eigenvalue weighted by Gasteiger charge is -2.10. The van der Waals surface area contributed by atoms with Crippen molar-refractivity contribution in [2.45, 2.75) is 19.1 Å². The Morgan fingerprint density at radius 2 is 1.95 bits per heavy atom. The summed E-state index contributed by atoms with van der Waals surface area (Å²) >= 11 is 0. The summed E-state index contributed by atoms with van der Waals surface area (Å²) in [7, 11) is 1.33. The zero-order valence-corrected chi connectivity index (χ0v) is 12.5. The van der Waals surface area contributed by atoms with Crippen LogP contribution in [0.5, 0.6) is 5.75 Å². The quantitative estimate of drug-likeness (QED) is 0.829. The first kappa shape index (κ1) is 17.1. The standard InChI is InChI=1S/C15H17NO4.ClH/c1-18-15(17)14(16)8-11-2-4-13(5-3-11)20-10-12-6-7-19-9-12;/h2-7,9,14H,8,10,16H2,1H3;1H. The predicted octanol–water partition coefficient (Wildman–Crippen LogP) is 2.32. The highest BCUT2D eigenvalue weighted by Crippen LogP contribution is 2.15. The summed E-state index contributed by atoms with van der Waals surface area (Å²) < 4.78 is 15.1. The number of rotatable bonds is 6. The van der Waals surface area contributed by atoms with Gasteiger partial charge in [-0.15, -0.1) is 12.4 Å². The summed E-state index contributed by atoms with van der Waals surface area (Å²) in [6.45, 7) is 0.456. The lowest BCUT2D eigenvalue weighted by molar-refractivity contribution is -0.142. The Kier molecular flexibility index (Phi) is 6.78. The average molecular weight is 312 g/mol. The number of carbonyl (C=O) groups is 1. The minimum Gasteiger partial charge on any atom is -0.489 e. The monoisotopic (exact) mass is 311 g/mol. The fourth-order valence-electron chi connectivity index (χ4n) is 1.75. The molecule has 21 heavy (non-hydrogen) atoms. The van der Waals surface area contributed by atoms with Crippen molar-refractivity contribution in [3.8, 4) is 5.75 Å². The number of halogens is 1. The van der Waals surface area contributed by atoms with Crippen molar-refractivity contribution in [3.05, 3.63) is 54.0 Å². The van der Waals surface area contributed by atoms with Crippen LogP contribution in [0.4, 0.5) is 0 Å². The van der Waals surface area contributed by atoms with E-state index >= 15 is 0 Å². The topological polar surface area (TPSA) is 74.7 Å².